The maximum Gasteiger partial charge on any atom is 0.328 e. The van der Waals surface area contributed by atoms with E-state index in [1.165, 1.54) is 0 Å². The van der Waals surface area contributed by atoms with Crippen molar-refractivity contribution in [2.24, 2.45) is 0 Å². The zero-order chi connectivity index (χ0) is 26.6. The van der Waals surface area contributed by atoms with Crippen molar-refractivity contribution in [2.45, 2.75) is 84.7 Å². The molecule has 0 rings (SSSR count). The second kappa shape index (κ2) is 19.2. The average Bonchev–Trinajstić information content (AvgIpc) is 2.80. The van der Waals surface area contributed by atoms with Gasteiger partial charge in [0.15, 0.2) is 0 Å². The lowest BCUT2D eigenvalue weighted by Crippen LogP contribution is -2.43. The van der Waals surface area contributed by atoms with Crippen LogP contribution in [-0.4, -0.2) is 74.2 Å². The van der Waals surface area contributed by atoms with E-state index in [0.717, 1.165) is 0 Å². The largest absolute Gasteiger partial charge is 0.466 e. The van der Waals surface area contributed by atoms with Crippen LogP contribution in [0.2, 0.25) is 0 Å². The number of carbonyl (C=O) groups is 6. The second-order valence-corrected chi connectivity index (χ2v) is 7.29. The summed E-state index contributed by atoms with van der Waals surface area (Å²) >= 11 is 0. The van der Waals surface area contributed by atoms with Crippen LogP contribution in [0.4, 0.5) is 0 Å². The molecule has 0 aliphatic rings. The number of nitrogens with one attached hydrogen (secondary N) is 2. The molecule has 35 heavy (non-hydrogen) atoms. The van der Waals surface area contributed by atoms with Gasteiger partial charge < -0.3 is 29.6 Å². The van der Waals surface area contributed by atoms with Gasteiger partial charge in [-0.1, -0.05) is 0 Å². The van der Waals surface area contributed by atoms with Crippen LogP contribution in [0.25, 0.3) is 0 Å². The molecule has 12 nitrogen and oxygen atoms in total. The van der Waals surface area contributed by atoms with Gasteiger partial charge in [-0.05, 0) is 47.0 Å². The fraction of sp³-hybridized carbons (Fsp3) is 0.739. The Morgan fingerprint density at radius 1 is 0.543 bits per heavy atom. The minimum Gasteiger partial charge on any atom is -0.466 e. The van der Waals surface area contributed by atoms with E-state index in [1.54, 1.807) is 27.7 Å². The van der Waals surface area contributed by atoms with Gasteiger partial charge in [-0.25, -0.2) is 9.59 Å². The van der Waals surface area contributed by atoms with Gasteiger partial charge in [-0.15, -0.1) is 0 Å². The van der Waals surface area contributed by atoms with Crippen LogP contribution in [0.15, 0.2) is 0 Å². The molecule has 0 fully saturated rings. The lowest BCUT2D eigenvalue weighted by atomic mass is 10.1. The lowest BCUT2D eigenvalue weighted by Gasteiger charge is -2.18. The van der Waals surface area contributed by atoms with E-state index in [-0.39, 0.29) is 71.4 Å². The summed E-state index contributed by atoms with van der Waals surface area (Å²) in [6, 6.07) is -2.03. The quantitative estimate of drug-likeness (QED) is 0.204. The summed E-state index contributed by atoms with van der Waals surface area (Å²) in [6.07, 6.45) is -0.108. The van der Waals surface area contributed by atoms with E-state index < -0.39 is 47.8 Å². The monoisotopic (exact) mass is 502 g/mol. The predicted molar refractivity (Wildman–Crippen MR) is 123 cm³/mol. The third kappa shape index (κ3) is 15.4. The molecule has 0 aromatic carbocycles. The number of rotatable bonds is 18. The summed E-state index contributed by atoms with van der Waals surface area (Å²) in [7, 11) is 0. The van der Waals surface area contributed by atoms with Crippen LogP contribution < -0.4 is 10.6 Å². The Morgan fingerprint density at radius 2 is 0.886 bits per heavy atom. The Hall–Kier alpha value is -3.18. The van der Waals surface area contributed by atoms with Crippen LogP contribution in [0.3, 0.4) is 0 Å². The van der Waals surface area contributed by atoms with Gasteiger partial charge in [-0.2, -0.15) is 0 Å². The van der Waals surface area contributed by atoms with E-state index in [4.69, 9.17) is 18.9 Å². The Morgan fingerprint density at radius 3 is 1.20 bits per heavy atom. The maximum absolute atomic E-state index is 12.3. The highest BCUT2D eigenvalue weighted by molar-refractivity contribution is 5.86. The summed E-state index contributed by atoms with van der Waals surface area (Å²) in [5.41, 5.74) is 0. The smallest absolute Gasteiger partial charge is 0.328 e. The molecule has 0 aliphatic heterocycles. The molecule has 2 N–H and O–H groups in total. The van der Waals surface area contributed by atoms with Crippen LogP contribution in [0.1, 0.15) is 72.6 Å². The summed E-state index contributed by atoms with van der Waals surface area (Å²) in [4.78, 5) is 71.9. The SMILES string of the molecule is CCOC(=O)CC[C@H](NC(=O)CCCC(=O)N[C@H](CCC(=O)OCC)C(=O)OCC)C(=O)OCC. The first-order valence-electron chi connectivity index (χ1n) is 11.9. The molecule has 0 aliphatic carbocycles. The van der Waals surface area contributed by atoms with E-state index in [1.807, 2.05) is 0 Å². The first-order chi connectivity index (χ1) is 16.7. The van der Waals surface area contributed by atoms with Crippen LogP contribution in [0, 0.1) is 0 Å². The van der Waals surface area contributed by atoms with Crippen molar-refractivity contribution >= 4 is 35.7 Å². The predicted octanol–water partition coefficient (Wildman–Crippen LogP) is 0.939. The Balaban J connectivity index is 4.70. The summed E-state index contributed by atoms with van der Waals surface area (Å²) in [6.45, 7) is 7.20. The summed E-state index contributed by atoms with van der Waals surface area (Å²) in [5.74, 6) is -3.31. The van der Waals surface area contributed by atoms with Crippen molar-refractivity contribution in [2.75, 3.05) is 26.4 Å². The third-order valence-electron chi connectivity index (χ3n) is 4.51. The number of amides is 2. The highest BCUT2D eigenvalue weighted by Crippen LogP contribution is 2.06. The van der Waals surface area contributed by atoms with Gasteiger partial charge in [0.1, 0.15) is 12.1 Å². The molecular weight excluding hydrogens is 464 g/mol. The van der Waals surface area contributed by atoms with Crippen molar-refractivity contribution in [3.05, 3.63) is 0 Å². The first kappa shape index (κ1) is 31.8. The molecule has 0 saturated carbocycles. The van der Waals surface area contributed by atoms with E-state index in [9.17, 15) is 28.8 Å². The highest BCUT2D eigenvalue weighted by Gasteiger charge is 2.25. The van der Waals surface area contributed by atoms with Gasteiger partial charge in [0.05, 0.1) is 26.4 Å². The van der Waals surface area contributed by atoms with Gasteiger partial charge in [-0.3, -0.25) is 19.2 Å². The zero-order valence-corrected chi connectivity index (χ0v) is 21.0. The number of hydrogen-bond donors (Lipinski definition) is 2. The van der Waals surface area contributed by atoms with Gasteiger partial charge in [0.25, 0.3) is 0 Å². The van der Waals surface area contributed by atoms with E-state index >= 15 is 0 Å². The standard InChI is InChI=1S/C23H38N2O10/c1-5-32-20(28)14-12-16(22(30)34-7-3)24-18(26)10-9-11-19(27)25-17(23(31)35-8-4)13-15-21(29)33-6-2/h16-17H,5-15H2,1-4H3,(H,24,26)(H,25,27)/t16-,17+. The zero-order valence-electron chi connectivity index (χ0n) is 21.0. The highest BCUT2D eigenvalue weighted by atomic mass is 16.5. The molecule has 0 bridgehead atoms. The van der Waals surface area contributed by atoms with Crippen molar-refractivity contribution in [3.8, 4) is 0 Å². The fourth-order valence-electron chi connectivity index (χ4n) is 2.92. The van der Waals surface area contributed by atoms with Crippen molar-refractivity contribution in [1.29, 1.82) is 0 Å². The van der Waals surface area contributed by atoms with Crippen molar-refractivity contribution < 1.29 is 47.7 Å². The fourth-order valence-corrected chi connectivity index (χ4v) is 2.92. The Bertz CT molecular complexity index is 652. The third-order valence-corrected chi connectivity index (χ3v) is 4.51. The first-order valence-corrected chi connectivity index (χ1v) is 11.9. The number of carbonyl (C=O) groups excluding carboxylic acids is 6. The van der Waals surface area contributed by atoms with Crippen molar-refractivity contribution in [3.63, 3.8) is 0 Å². The van der Waals surface area contributed by atoms with Gasteiger partial charge in [0.2, 0.25) is 11.8 Å². The summed E-state index contributed by atoms with van der Waals surface area (Å²) < 4.78 is 19.5. The van der Waals surface area contributed by atoms with Gasteiger partial charge >= 0.3 is 23.9 Å². The molecular formula is C23H38N2O10. The molecule has 0 saturated heterocycles. The molecule has 200 valence electrons. The van der Waals surface area contributed by atoms with E-state index in [0.29, 0.717) is 0 Å². The normalized spacial score (nSPS) is 12.0. The van der Waals surface area contributed by atoms with Gasteiger partial charge in [0, 0.05) is 25.7 Å². The molecule has 0 aromatic rings. The molecule has 0 heterocycles. The topological polar surface area (TPSA) is 163 Å². The Labute approximate surface area is 205 Å². The molecule has 12 heteroatoms. The minimum atomic E-state index is -1.02. The lowest BCUT2D eigenvalue weighted by molar-refractivity contribution is -0.149. The number of hydrogen-bond acceptors (Lipinski definition) is 10. The molecule has 0 spiro atoms. The summed E-state index contributed by atoms with van der Waals surface area (Å²) in [5, 5.41) is 5.03. The Kier molecular flexibility index (Phi) is 17.4. The number of esters is 4. The second-order valence-electron chi connectivity index (χ2n) is 7.29. The average molecular weight is 503 g/mol. The molecule has 2 atom stereocenters. The van der Waals surface area contributed by atoms with Crippen LogP contribution in [0.5, 0.6) is 0 Å². The van der Waals surface area contributed by atoms with E-state index in [2.05, 4.69) is 10.6 Å². The molecule has 0 aromatic heterocycles. The molecule has 2 amide bonds. The van der Waals surface area contributed by atoms with Crippen LogP contribution >= 0.6 is 0 Å². The molecule has 0 unspecified atom stereocenters. The van der Waals surface area contributed by atoms with Crippen molar-refractivity contribution in [1.82, 2.24) is 10.6 Å². The maximum atomic E-state index is 12.3. The minimum absolute atomic E-state index is 0.0194. The molecule has 0 radical (unpaired) electrons. The van der Waals surface area contributed by atoms with Crippen LogP contribution in [-0.2, 0) is 47.7 Å². The number of ether oxygens (including phenoxy) is 4.